The zero-order chi connectivity index (χ0) is 37.5. The van der Waals surface area contributed by atoms with E-state index < -0.39 is 0 Å². The molecule has 0 aliphatic heterocycles. The highest BCUT2D eigenvalue weighted by molar-refractivity contribution is 7.26. The van der Waals surface area contributed by atoms with Crippen LogP contribution in [0.2, 0.25) is 0 Å². The lowest BCUT2D eigenvalue weighted by atomic mass is 9.96. The summed E-state index contributed by atoms with van der Waals surface area (Å²) in [6, 6.07) is 63.5. The van der Waals surface area contributed by atoms with E-state index >= 15 is 0 Å². The zero-order valence-electron chi connectivity index (χ0n) is 30.4. The monoisotopic (exact) mass is 746 g/mol. The Morgan fingerprint density at radius 1 is 0.421 bits per heavy atom. The maximum Gasteiger partial charge on any atom is 0.164 e. The van der Waals surface area contributed by atoms with Gasteiger partial charge in [0.25, 0.3) is 0 Å². The van der Waals surface area contributed by atoms with E-state index in [1.807, 2.05) is 78.1 Å². The molecule has 57 heavy (non-hydrogen) atoms. The molecule has 0 N–H and O–H groups in total. The number of hydrogen-bond donors (Lipinski definition) is 0. The molecular formula is C51H30N4OS. The van der Waals surface area contributed by atoms with Gasteiger partial charge in [-0.1, -0.05) is 158 Å². The first-order chi connectivity index (χ1) is 28.3. The third-order valence-corrected chi connectivity index (χ3v) is 12.3. The van der Waals surface area contributed by atoms with E-state index in [0.717, 1.165) is 61.0 Å². The van der Waals surface area contributed by atoms with Crippen molar-refractivity contribution in [2.45, 2.75) is 0 Å². The molecule has 5 nitrogen and oxygen atoms in total. The van der Waals surface area contributed by atoms with Gasteiger partial charge in [-0.25, -0.2) is 15.0 Å². The number of para-hydroxylation sites is 1. The topological polar surface area (TPSA) is 56.7 Å². The number of thiophene rings is 1. The van der Waals surface area contributed by atoms with E-state index in [1.165, 1.54) is 36.5 Å². The highest BCUT2D eigenvalue weighted by atomic mass is 32.1. The molecule has 0 unspecified atom stereocenters. The van der Waals surface area contributed by atoms with Crippen LogP contribution in [0.4, 0.5) is 0 Å². The SMILES string of the molecule is c1ccc(-c2nc(-c3ccccc3)nc(-c3cccc4oc5c(-n6c7ccccc7c7ccc8c9ccccc9sc8c76)ccc(-c6ccccc6)c5c34)n2)cc1. The Morgan fingerprint density at radius 3 is 1.77 bits per heavy atom. The molecule has 0 saturated heterocycles. The number of rotatable bonds is 5. The lowest BCUT2D eigenvalue weighted by Crippen LogP contribution is -2.00. The van der Waals surface area contributed by atoms with Crippen molar-refractivity contribution >= 4 is 75.3 Å². The molecule has 0 amide bonds. The molecule has 12 rings (SSSR count). The Bertz CT molecular complexity index is 3460. The van der Waals surface area contributed by atoms with Gasteiger partial charge in [-0.15, -0.1) is 11.3 Å². The number of nitrogens with zero attached hydrogens (tertiary/aromatic N) is 4. The molecular weight excluding hydrogens is 717 g/mol. The second kappa shape index (κ2) is 12.6. The number of hydrogen-bond acceptors (Lipinski definition) is 5. The van der Waals surface area contributed by atoms with Crippen molar-refractivity contribution in [1.82, 2.24) is 19.5 Å². The number of furan rings is 1. The number of benzene rings is 8. The van der Waals surface area contributed by atoms with Crippen molar-refractivity contribution in [1.29, 1.82) is 0 Å². The third kappa shape index (κ3) is 4.91. The van der Waals surface area contributed by atoms with E-state index in [2.05, 4.69) is 120 Å². The third-order valence-electron chi connectivity index (χ3n) is 11.1. The maximum absolute atomic E-state index is 7.14. The van der Waals surface area contributed by atoms with E-state index in [1.54, 1.807) is 0 Å². The molecule has 12 aromatic rings. The first kappa shape index (κ1) is 31.9. The van der Waals surface area contributed by atoms with Crippen LogP contribution in [0.25, 0.3) is 115 Å². The summed E-state index contributed by atoms with van der Waals surface area (Å²) in [6.07, 6.45) is 0. The molecule has 0 saturated carbocycles. The van der Waals surface area contributed by atoms with Gasteiger partial charge in [-0.2, -0.15) is 0 Å². The predicted octanol–water partition coefficient (Wildman–Crippen LogP) is 13.9. The Morgan fingerprint density at radius 2 is 1.04 bits per heavy atom. The Balaban J connectivity index is 1.21. The number of fused-ring (bicyclic) bond motifs is 10. The molecule has 0 aliphatic carbocycles. The molecule has 0 atom stereocenters. The Kier molecular flexibility index (Phi) is 7.03. The zero-order valence-corrected chi connectivity index (χ0v) is 31.2. The summed E-state index contributed by atoms with van der Waals surface area (Å²) < 4.78 is 12.1. The summed E-state index contributed by atoms with van der Waals surface area (Å²) >= 11 is 1.85. The summed E-state index contributed by atoms with van der Waals surface area (Å²) in [4.78, 5) is 15.4. The predicted molar refractivity (Wildman–Crippen MR) is 236 cm³/mol. The first-order valence-corrected chi connectivity index (χ1v) is 19.8. The molecule has 266 valence electrons. The fourth-order valence-corrected chi connectivity index (χ4v) is 9.78. The summed E-state index contributed by atoms with van der Waals surface area (Å²) in [6.45, 7) is 0. The minimum atomic E-state index is 0.587. The van der Waals surface area contributed by atoms with Gasteiger partial charge in [0.1, 0.15) is 5.58 Å². The van der Waals surface area contributed by atoms with Gasteiger partial charge in [-0.05, 0) is 35.4 Å². The van der Waals surface area contributed by atoms with Gasteiger partial charge >= 0.3 is 0 Å². The molecule has 4 heterocycles. The van der Waals surface area contributed by atoms with Gasteiger partial charge in [0.05, 0.1) is 21.4 Å². The van der Waals surface area contributed by atoms with Gasteiger partial charge in [-0.3, -0.25) is 0 Å². The lowest BCUT2D eigenvalue weighted by molar-refractivity contribution is 0.666. The van der Waals surface area contributed by atoms with Crippen molar-refractivity contribution in [3.63, 3.8) is 0 Å². The van der Waals surface area contributed by atoms with Crippen molar-refractivity contribution in [2.75, 3.05) is 0 Å². The Labute approximate surface area is 330 Å². The first-order valence-electron chi connectivity index (χ1n) is 19.0. The van der Waals surface area contributed by atoms with Crippen molar-refractivity contribution in [3.05, 3.63) is 182 Å². The van der Waals surface area contributed by atoms with Crippen LogP contribution in [-0.4, -0.2) is 19.5 Å². The molecule has 6 heteroatoms. The average molecular weight is 747 g/mol. The largest absolute Gasteiger partial charge is 0.454 e. The summed E-state index contributed by atoms with van der Waals surface area (Å²) in [7, 11) is 0. The molecule has 8 aromatic carbocycles. The van der Waals surface area contributed by atoms with E-state index in [-0.39, 0.29) is 0 Å². The van der Waals surface area contributed by atoms with Crippen LogP contribution in [-0.2, 0) is 0 Å². The molecule has 0 bridgehead atoms. The summed E-state index contributed by atoms with van der Waals surface area (Å²) in [5.41, 5.74) is 9.77. The van der Waals surface area contributed by atoms with Crippen LogP contribution < -0.4 is 0 Å². The smallest absolute Gasteiger partial charge is 0.164 e. The second-order valence-electron chi connectivity index (χ2n) is 14.3. The van der Waals surface area contributed by atoms with Crippen LogP contribution in [0.3, 0.4) is 0 Å². The van der Waals surface area contributed by atoms with Gasteiger partial charge in [0.2, 0.25) is 0 Å². The summed E-state index contributed by atoms with van der Waals surface area (Å²) in [5, 5.41) is 6.93. The van der Waals surface area contributed by atoms with E-state index in [9.17, 15) is 0 Å². The van der Waals surface area contributed by atoms with Crippen molar-refractivity contribution < 1.29 is 4.42 Å². The normalized spacial score (nSPS) is 11.9. The van der Waals surface area contributed by atoms with Crippen LogP contribution in [0, 0.1) is 0 Å². The quantitative estimate of drug-likeness (QED) is 0.176. The molecule has 0 aliphatic rings. The molecule has 0 fully saturated rings. The fraction of sp³-hybridized carbons (Fsp3) is 0. The Hall–Kier alpha value is -7.41. The van der Waals surface area contributed by atoms with Crippen LogP contribution in [0.15, 0.2) is 186 Å². The minimum absolute atomic E-state index is 0.587. The highest BCUT2D eigenvalue weighted by Crippen LogP contribution is 2.47. The highest BCUT2D eigenvalue weighted by Gasteiger charge is 2.25. The minimum Gasteiger partial charge on any atom is -0.454 e. The molecule has 0 spiro atoms. The molecule has 0 radical (unpaired) electrons. The van der Waals surface area contributed by atoms with Gasteiger partial charge in [0.15, 0.2) is 23.1 Å². The molecule has 4 aromatic heterocycles. The van der Waals surface area contributed by atoms with Gasteiger partial charge < -0.3 is 8.98 Å². The maximum atomic E-state index is 7.14. The van der Waals surface area contributed by atoms with Crippen molar-refractivity contribution in [3.8, 4) is 51.0 Å². The van der Waals surface area contributed by atoms with Crippen LogP contribution >= 0.6 is 11.3 Å². The van der Waals surface area contributed by atoms with Crippen molar-refractivity contribution in [2.24, 2.45) is 0 Å². The number of aromatic nitrogens is 4. The van der Waals surface area contributed by atoms with Crippen LogP contribution in [0.1, 0.15) is 0 Å². The van der Waals surface area contributed by atoms with Gasteiger partial charge in [0, 0.05) is 53.7 Å². The second-order valence-corrected chi connectivity index (χ2v) is 15.4. The average Bonchev–Trinajstić information content (AvgIpc) is 3.97. The fourth-order valence-electron chi connectivity index (χ4n) is 8.54. The standard InChI is InChI=1S/C51H30N4OS/c1-4-15-31(16-5-1)34-29-30-41(55-40-24-12-10-21-35(40)37-27-28-38-36-22-11-13-26-43(36)57-48(38)46(37)55)47-45(34)44-39(23-14-25-42(44)56-47)51-53-49(32-17-6-2-7-18-32)52-50(54-51)33-19-8-3-9-20-33/h1-30H. The van der Waals surface area contributed by atoms with E-state index in [4.69, 9.17) is 19.4 Å². The van der Waals surface area contributed by atoms with E-state index in [0.29, 0.717) is 17.5 Å². The summed E-state index contributed by atoms with van der Waals surface area (Å²) in [5.74, 6) is 1.82. The lowest BCUT2D eigenvalue weighted by Gasteiger charge is -2.13. The van der Waals surface area contributed by atoms with Crippen LogP contribution in [0.5, 0.6) is 0 Å².